The molecule has 2 N–H and O–H groups in total. The fourth-order valence-electron chi connectivity index (χ4n) is 3.43. The molecule has 2 aliphatic rings. The van der Waals surface area contributed by atoms with Gasteiger partial charge in [-0.15, -0.1) is 0 Å². The van der Waals surface area contributed by atoms with Crippen molar-refractivity contribution in [2.24, 2.45) is 5.10 Å². The summed E-state index contributed by atoms with van der Waals surface area (Å²) in [4.78, 5) is 2.51. The van der Waals surface area contributed by atoms with Crippen LogP contribution in [0.15, 0.2) is 46.2 Å². The average molecular weight is 363 g/mol. The van der Waals surface area contributed by atoms with Crippen LogP contribution in [0.3, 0.4) is 0 Å². The van der Waals surface area contributed by atoms with Crippen LogP contribution in [-0.2, 0) is 6.42 Å². The maximum Gasteiger partial charge on any atom is 0.180 e. The predicted molar refractivity (Wildman–Crippen MR) is 103 cm³/mol. The van der Waals surface area contributed by atoms with Gasteiger partial charge in [0.2, 0.25) is 0 Å². The molecule has 1 saturated heterocycles. The van der Waals surface area contributed by atoms with E-state index in [0.717, 1.165) is 38.2 Å². The summed E-state index contributed by atoms with van der Waals surface area (Å²) in [6.45, 7) is 3.26. The Balaban J connectivity index is 1.47. The van der Waals surface area contributed by atoms with Crippen LogP contribution in [0.4, 0.5) is 0 Å². The number of aryl methyl sites for hydroxylation is 1. The fraction of sp³-hybridized carbons (Fsp3) is 0.526. The summed E-state index contributed by atoms with van der Waals surface area (Å²) in [5.74, 6) is 0. The fourth-order valence-corrected chi connectivity index (χ4v) is 3.68. The van der Waals surface area contributed by atoms with Crippen LogP contribution in [0.1, 0.15) is 24.8 Å². The van der Waals surface area contributed by atoms with Crippen molar-refractivity contribution in [2.75, 3.05) is 26.7 Å². The predicted octanol–water partition coefficient (Wildman–Crippen LogP) is 2.37. The van der Waals surface area contributed by atoms with Crippen molar-refractivity contribution in [1.82, 2.24) is 15.2 Å². The molecular formula is C19H27ClN4O. The number of likely N-dealkylation sites (N-methyl/N-ethyl adjacent to an activating group) is 1. The number of halogens is 1. The molecule has 1 aromatic carbocycles. The first-order valence-electron chi connectivity index (χ1n) is 9.01. The van der Waals surface area contributed by atoms with Gasteiger partial charge in [0.05, 0.1) is 16.9 Å². The molecule has 2 atom stereocenters. The highest BCUT2D eigenvalue weighted by Gasteiger charge is 2.25. The van der Waals surface area contributed by atoms with Crippen LogP contribution in [0.5, 0.6) is 0 Å². The van der Waals surface area contributed by atoms with E-state index in [0.29, 0.717) is 11.1 Å². The largest absolute Gasteiger partial charge is 0.379 e. The second kappa shape index (κ2) is 8.70. The summed E-state index contributed by atoms with van der Waals surface area (Å²) in [6.07, 6.45) is 5.42. The Bertz CT molecular complexity index is 619. The van der Waals surface area contributed by atoms with Crippen LogP contribution in [0.25, 0.3) is 0 Å². The van der Waals surface area contributed by atoms with Crippen LogP contribution in [-0.4, -0.2) is 60.2 Å². The van der Waals surface area contributed by atoms with Crippen molar-refractivity contribution in [1.29, 1.82) is 0 Å². The standard InChI is InChI=1S/C19H27ClN4O/c1-23-19(25)18(20)17(13-21-23)22-16-10-6-12-24(14-16)11-5-9-15-7-3-2-4-8-15/h2-4,7-8,13,16,19,22,25H,5-6,9-12,14H2,1H3. The van der Waals surface area contributed by atoms with Gasteiger partial charge in [0, 0.05) is 19.6 Å². The number of allylic oxidation sites excluding steroid dienone is 1. The molecule has 3 rings (SSSR count). The van der Waals surface area contributed by atoms with Gasteiger partial charge in [-0.1, -0.05) is 41.9 Å². The summed E-state index contributed by atoms with van der Waals surface area (Å²) in [5, 5.41) is 19.5. The molecule has 0 spiro atoms. The van der Waals surface area contributed by atoms with Crippen molar-refractivity contribution < 1.29 is 5.11 Å². The van der Waals surface area contributed by atoms with E-state index in [9.17, 15) is 5.11 Å². The number of likely N-dealkylation sites (tertiary alicyclic amines) is 1. The summed E-state index contributed by atoms with van der Waals surface area (Å²) in [6, 6.07) is 11.0. The third-order valence-electron chi connectivity index (χ3n) is 4.85. The van der Waals surface area contributed by atoms with Gasteiger partial charge in [0.25, 0.3) is 0 Å². The summed E-state index contributed by atoms with van der Waals surface area (Å²) in [7, 11) is 1.70. The van der Waals surface area contributed by atoms with Crippen LogP contribution in [0.2, 0.25) is 0 Å². The third kappa shape index (κ3) is 4.97. The van der Waals surface area contributed by atoms with Crippen LogP contribution in [0, 0.1) is 0 Å². The highest BCUT2D eigenvalue weighted by Crippen LogP contribution is 2.20. The van der Waals surface area contributed by atoms with E-state index < -0.39 is 6.23 Å². The molecule has 0 radical (unpaired) electrons. The van der Waals surface area contributed by atoms with E-state index in [4.69, 9.17) is 11.6 Å². The molecule has 0 aromatic heterocycles. The summed E-state index contributed by atoms with van der Waals surface area (Å²) in [5.41, 5.74) is 2.14. The number of nitrogens with zero attached hydrogens (tertiary/aromatic N) is 3. The molecule has 136 valence electrons. The first kappa shape index (κ1) is 18.2. The van der Waals surface area contributed by atoms with E-state index in [1.165, 1.54) is 23.4 Å². The second-order valence-corrected chi connectivity index (χ2v) is 7.23. The normalized spacial score (nSPS) is 24.7. The van der Waals surface area contributed by atoms with Crippen molar-refractivity contribution in [3.63, 3.8) is 0 Å². The van der Waals surface area contributed by atoms with Crippen molar-refractivity contribution in [2.45, 2.75) is 38.0 Å². The zero-order valence-corrected chi connectivity index (χ0v) is 15.5. The minimum atomic E-state index is -0.861. The number of hydrogen-bond donors (Lipinski definition) is 2. The Morgan fingerprint density at radius 2 is 2.12 bits per heavy atom. The van der Waals surface area contributed by atoms with E-state index in [-0.39, 0.29) is 0 Å². The van der Waals surface area contributed by atoms with Gasteiger partial charge in [-0.25, -0.2) is 0 Å². The zero-order chi connectivity index (χ0) is 17.6. The number of aliphatic hydroxyl groups excluding tert-OH is 1. The van der Waals surface area contributed by atoms with E-state index in [2.05, 4.69) is 45.6 Å². The molecule has 0 bridgehead atoms. The van der Waals surface area contributed by atoms with Gasteiger partial charge >= 0.3 is 0 Å². The molecule has 1 fully saturated rings. The monoisotopic (exact) mass is 362 g/mol. The molecular weight excluding hydrogens is 336 g/mol. The molecule has 0 saturated carbocycles. The van der Waals surface area contributed by atoms with Crippen molar-refractivity contribution in [3.8, 4) is 0 Å². The van der Waals surface area contributed by atoms with E-state index in [1.54, 1.807) is 13.3 Å². The smallest absolute Gasteiger partial charge is 0.180 e. The lowest BCUT2D eigenvalue weighted by Gasteiger charge is -2.35. The van der Waals surface area contributed by atoms with Gasteiger partial charge in [0.1, 0.15) is 0 Å². The molecule has 2 unspecified atom stereocenters. The third-order valence-corrected chi connectivity index (χ3v) is 5.25. The quantitative estimate of drug-likeness (QED) is 0.815. The molecule has 5 nitrogen and oxygen atoms in total. The highest BCUT2D eigenvalue weighted by molar-refractivity contribution is 6.31. The number of hydrogen-bond acceptors (Lipinski definition) is 5. The Hall–Kier alpha value is -1.56. The minimum Gasteiger partial charge on any atom is -0.379 e. The maximum atomic E-state index is 9.99. The van der Waals surface area contributed by atoms with Crippen molar-refractivity contribution >= 4 is 17.8 Å². The highest BCUT2D eigenvalue weighted by atomic mass is 35.5. The lowest BCUT2D eigenvalue weighted by atomic mass is 10.0. The molecule has 0 amide bonds. The van der Waals surface area contributed by atoms with Gasteiger partial charge < -0.3 is 15.3 Å². The lowest BCUT2D eigenvalue weighted by molar-refractivity contribution is 0.0583. The van der Waals surface area contributed by atoms with E-state index >= 15 is 0 Å². The molecule has 0 aliphatic carbocycles. The number of nitrogens with one attached hydrogen (secondary N) is 1. The molecule has 1 aromatic rings. The molecule has 2 aliphatic heterocycles. The molecule has 6 heteroatoms. The number of aliphatic hydroxyl groups is 1. The Morgan fingerprint density at radius 1 is 1.32 bits per heavy atom. The maximum absolute atomic E-state index is 9.99. The Morgan fingerprint density at radius 3 is 2.92 bits per heavy atom. The second-order valence-electron chi connectivity index (χ2n) is 6.83. The SMILES string of the molecule is CN1N=CC(NC2CCCN(CCCc3ccccc3)C2)=C(Cl)C1O. The van der Waals surface area contributed by atoms with E-state index in [1.807, 2.05) is 0 Å². The van der Waals surface area contributed by atoms with Gasteiger partial charge in [0.15, 0.2) is 6.23 Å². The number of rotatable bonds is 6. The van der Waals surface area contributed by atoms with Gasteiger partial charge in [-0.3, -0.25) is 5.01 Å². The molecule has 25 heavy (non-hydrogen) atoms. The van der Waals surface area contributed by atoms with Gasteiger partial charge in [-0.05, 0) is 44.3 Å². The van der Waals surface area contributed by atoms with Crippen LogP contribution >= 0.6 is 11.6 Å². The summed E-state index contributed by atoms with van der Waals surface area (Å²) < 4.78 is 0. The minimum absolute atomic E-state index is 0.344. The van der Waals surface area contributed by atoms with Gasteiger partial charge in [-0.2, -0.15) is 5.10 Å². The lowest BCUT2D eigenvalue weighted by Crippen LogP contribution is -2.47. The van der Waals surface area contributed by atoms with Crippen molar-refractivity contribution in [3.05, 3.63) is 46.6 Å². The Kier molecular flexibility index (Phi) is 6.34. The summed E-state index contributed by atoms with van der Waals surface area (Å²) >= 11 is 6.26. The average Bonchev–Trinajstić information content (AvgIpc) is 2.64. The number of piperidine rings is 1. The Labute approximate surface area is 155 Å². The zero-order valence-electron chi connectivity index (χ0n) is 14.7. The number of benzene rings is 1. The first-order valence-corrected chi connectivity index (χ1v) is 9.38. The van der Waals surface area contributed by atoms with Crippen LogP contribution < -0.4 is 5.32 Å². The topological polar surface area (TPSA) is 51.1 Å². The first-order chi connectivity index (χ1) is 12.1. The molecule has 2 heterocycles. The number of hydrazone groups is 1.